The van der Waals surface area contributed by atoms with Crippen LogP contribution >= 0.6 is 11.6 Å². The van der Waals surface area contributed by atoms with Gasteiger partial charge in [-0.1, -0.05) is 38.4 Å². The predicted molar refractivity (Wildman–Crippen MR) is 89.4 cm³/mol. The molecule has 2 rings (SSSR count). The molecule has 5 nitrogen and oxygen atoms in total. The number of carbonyl (C=O) groups excluding carboxylic acids is 2. The first-order valence-corrected chi connectivity index (χ1v) is 8.06. The first-order chi connectivity index (χ1) is 10.6. The summed E-state index contributed by atoms with van der Waals surface area (Å²) in [5.74, 6) is -0.0740. The van der Waals surface area contributed by atoms with Crippen molar-refractivity contribution in [1.82, 2.24) is 10.2 Å². The summed E-state index contributed by atoms with van der Waals surface area (Å²) in [7, 11) is 0. The van der Waals surface area contributed by atoms with Gasteiger partial charge < -0.3 is 15.3 Å². The fourth-order valence-electron chi connectivity index (χ4n) is 2.72. The molecular formula is C17H23ClN2O3. The Kier molecular flexibility index (Phi) is 5.19. The standard InChI is InChI=1S/C17H23ClN2O3/c1-17(2,3)10-20-9-12(8-16(20)23)19-15(22)7-11-4-5-14(21)13(18)6-11/h4-6,12,21H,7-10H2,1-3H3,(H,19,22)/t12-/m1/s1. The average Bonchev–Trinajstić information content (AvgIpc) is 2.71. The molecule has 1 aromatic carbocycles. The minimum absolute atomic E-state index is 0.00460. The van der Waals surface area contributed by atoms with Gasteiger partial charge in [-0.2, -0.15) is 0 Å². The first-order valence-electron chi connectivity index (χ1n) is 7.68. The molecule has 1 atom stereocenters. The lowest BCUT2D eigenvalue weighted by molar-refractivity contribution is -0.128. The number of amides is 2. The zero-order valence-corrected chi connectivity index (χ0v) is 14.5. The summed E-state index contributed by atoms with van der Waals surface area (Å²) >= 11 is 5.83. The Labute approximate surface area is 141 Å². The van der Waals surface area contributed by atoms with Gasteiger partial charge >= 0.3 is 0 Å². The molecule has 1 aliphatic heterocycles. The SMILES string of the molecule is CC(C)(C)CN1C[C@H](NC(=O)Cc2ccc(O)c(Cl)c2)CC1=O. The van der Waals surface area contributed by atoms with Crippen molar-refractivity contribution < 1.29 is 14.7 Å². The molecule has 126 valence electrons. The number of carbonyl (C=O) groups is 2. The number of likely N-dealkylation sites (tertiary alicyclic amines) is 1. The van der Waals surface area contributed by atoms with E-state index in [2.05, 4.69) is 26.1 Å². The van der Waals surface area contributed by atoms with Gasteiger partial charge in [0, 0.05) is 19.5 Å². The van der Waals surface area contributed by atoms with Crippen molar-refractivity contribution >= 4 is 23.4 Å². The van der Waals surface area contributed by atoms with Crippen LogP contribution in [0.4, 0.5) is 0 Å². The summed E-state index contributed by atoms with van der Waals surface area (Å²) < 4.78 is 0. The van der Waals surface area contributed by atoms with Gasteiger partial charge in [0.2, 0.25) is 11.8 Å². The monoisotopic (exact) mass is 338 g/mol. The number of nitrogens with zero attached hydrogens (tertiary/aromatic N) is 1. The number of hydrogen-bond donors (Lipinski definition) is 2. The van der Waals surface area contributed by atoms with E-state index in [1.54, 1.807) is 12.1 Å². The summed E-state index contributed by atoms with van der Waals surface area (Å²) in [5.41, 5.74) is 0.762. The van der Waals surface area contributed by atoms with Gasteiger partial charge in [-0.25, -0.2) is 0 Å². The van der Waals surface area contributed by atoms with Crippen LogP contribution < -0.4 is 5.32 Å². The summed E-state index contributed by atoms with van der Waals surface area (Å²) in [5, 5.41) is 12.5. The average molecular weight is 339 g/mol. The number of benzene rings is 1. The minimum atomic E-state index is -0.151. The zero-order valence-electron chi connectivity index (χ0n) is 13.7. The predicted octanol–water partition coefficient (Wildman–Crippen LogP) is 2.35. The summed E-state index contributed by atoms with van der Waals surface area (Å²) in [6, 6.07) is 4.55. The number of phenolic OH excluding ortho intramolecular Hbond substituents is 1. The molecule has 1 saturated heterocycles. The number of hydrogen-bond acceptors (Lipinski definition) is 3. The van der Waals surface area contributed by atoms with Crippen LogP contribution in [0.3, 0.4) is 0 Å². The van der Waals surface area contributed by atoms with E-state index in [-0.39, 0.29) is 40.5 Å². The smallest absolute Gasteiger partial charge is 0.224 e. The van der Waals surface area contributed by atoms with Crippen LogP contribution in [0.2, 0.25) is 5.02 Å². The molecule has 1 fully saturated rings. The van der Waals surface area contributed by atoms with Crippen LogP contribution in [0, 0.1) is 5.41 Å². The third-order valence-corrected chi connectivity index (χ3v) is 3.92. The molecule has 0 radical (unpaired) electrons. The van der Waals surface area contributed by atoms with Crippen molar-refractivity contribution in [2.24, 2.45) is 5.41 Å². The highest BCUT2D eigenvalue weighted by Gasteiger charge is 2.32. The molecule has 0 aromatic heterocycles. The van der Waals surface area contributed by atoms with E-state index in [4.69, 9.17) is 11.6 Å². The summed E-state index contributed by atoms with van der Waals surface area (Å²) in [4.78, 5) is 25.9. The Morgan fingerprint density at radius 3 is 2.74 bits per heavy atom. The fourth-order valence-corrected chi connectivity index (χ4v) is 2.92. The Bertz CT molecular complexity index is 610. The highest BCUT2D eigenvalue weighted by atomic mass is 35.5. The highest BCUT2D eigenvalue weighted by molar-refractivity contribution is 6.32. The van der Waals surface area contributed by atoms with Gasteiger partial charge in [-0.05, 0) is 23.1 Å². The number of aromatic hydroxyl groups is 1. The number of rotatable bonds is 4. The maximum atomic E-state index is 12.1. The van der Waals surface area contributed by atoms with E-state index >= 15 is 0 Å². The quantitative estimate of drug-likeness (QED) is 0.885. The lowest BCUT2D eigenvalue weighted by Crippen LogP contribution is -2.39. The highest BCUT2D eigenvalue weighted by Crippen LogP contribution is 2.24. The second kappa shape index (κ2) is 6.79. The first kappa shape index (κ1) is 17.6. The van der Waals surface area contributed by atoms with E-state index < -0.39 is 0 Å². The molecular weight excluding hydrogens is 316 g/mol. The van der Waals surface area contributed by atoms with Gasteiger partial charge in [0.15, 0.2) is 0 Å². The van der Waals surface area contributed by atoms with Crippen molar-refractivity contribution in [3.63, 3.8) is 0 Å². The molecule has 1 aliphatic rings. The summed E-state index contributed by atoms with van der Waals surface area (Å²) in [6.45, 7) is 7.49. The van der Waals surface area contributed by atoms with Crippen LogP contribution in [-0.4, -0.2) is 41.0 Å². The van der Waals surface area contributed by atoms with E-state index in [1.165, 1.54) is 6.07 Å². The maximum Gasteiger partial charge on any atom is 0.224 e. The van der Waals surface area contributed by atoms with Gasteiger partial charge in [0.25, 0.3) is 0 Å². The van der Waals surface area contributed by atoms with Crippen molar-refractivity contribution in [3.8, 4) is 5.75 Å². The molecule has 0 unspecified atom stereocenters. The molecule has 0 bridgehead atoms. The molecule has 2 N–H and O–H groups in total. The van der Waals surface area contributed by atoms with Gasteiger partial charge in [0.05, 0.1) is 17.5 Å². The largest absolute Gasteiger partial charge is 0.506 e. The maximum absolute atomic E-state index is 12.1. The Morgan fingerprint density at radius 1 is 1.43 bits per heavy atom. The molecule has 2 amide bonds. The second-order valence-corrected chi connectivity index (χ2v) is 7.67. The number of nitrogens with one attached hydrogen (secondary N) is 1. The van der Waals surface area contributed by atoms with Crippen molar-refractivity contribution in [2.75, 3.05) is 13.1 Å². The van der Waals surface area contributed by atoms with Crippen LogP contribution in [0.25, 0.3) is 0 Å². The van der Waals surface area contributed by atoms with Crippen molar-refractivity contribution in [1.29, 1.82) is 0 Å². The second-order valence-electron chi connectivity index (χ2n) is 7.27. The topological polar surface area (TPSA) is 69.6 Å². The van der Waals surface area contributed by atoms with Crippen LogP contribution in [0.1, 0.15) is 32.8 Å². The molecule has 23 heavy (non-hydrogen) atoms. The lowest BCUT2D eigenvalue weighted by Gasteiger charge is -2.26. The fraction of sp³-hybridized carbons (Fsp3) is 0.529. The molecule has 1 heterocycles. The van der Waals surface area contributed by atoms with Gasteiger partial charge in [-0.15, -0.1) is 0 Å². The van der Waals surface area contributed by atoms with Crippen LogP contribution in [-0.2, 0) is 16.0 Å². The van der Waals surface area contributed by atoms with Gasteiger partial charge in [0.1, 0.15) is 5.75 Å². The van der Waals surface area contributed by atoms with Crippen molar-refractivity contribution in [3.05, 3.63) is 28.8 Å². The van der Waals surface area contributed by atoms with Crippen molar-refractivity contribution in [2.45, 2.75) is 39.7 Å². The van der Waals surface area contributed by atoms with E-state index in [9.17, 15) is 14.7 Å². The normalized spacial score (nSPS) is 18.3. The summed E-state index contributed by atoms with van der Waals surface area (Å²) in [6.07, 6.45) is 0.516. The molecule has 6 heteroatoms. The lowest BCUT2D eigenvalue weighted by atomic mass is 9.96. The Hall–Kier alpha value is -1.75. The number of phenols is 1. The number of halogens is 1. The molecule has 0 spiro atoms. The van der Waals surface area contributed by atoms with Gasteiger partial charge in [-0.3, -0.25) is 9.59 Å². The van der Waals surface area contributed by atoms with E-state index in [0.29, 0.717) is 19.5 Å². The minimum Gasteiger partial charge on any atom is -0.506 e. The molecule has 1 aromatic rings. The van der Waals surface area contributed by atoms with Crippen LogP contribution in [0.5, 0.6) is 5.75 Å². The molecule has 0 aliphatic carbocycles. The van der Waals surface area contributed by atoms with E-state index in [1.807, 2.05) is 4.90 Å². The Balaban J connectivity index is 1.88. The third-order valence-electron chi connectivity index (χ3n) is 3.62. The third kappa shape index (κ3) is 5.13. The zero-order chi connectivity index (χ0) is 17.2. The van der Waals surface area contributed by atoms with Crippen LogP contribution in [0.15, 0.2) is 18.2 Å². The van der Waals surface area contributed by atoms with E-state index in [0.717, 1.165) is 5.56 Å². The molecule has 0 saturated carbocycles. The Morgan fingerprint density at radius 2 is 2.13 bits per heavy atom.